The lowest BCUT2D eigenvalue weighted by atomic mass is 10.2. The Morgan fingerprint density at radius 2 is 2.47 bits per heavy atom. The van der Waals surface area contributed by atoms with E-state index in [1.165, 1.54) is 5.56 Å². The molecule has 0 radical (unpaired) electrons. The highest BCUT2D eigenvalue weighted by Gasteiger charge is 2.07. The van der Waals surface area contributed by atoms with Gasteiger partial charge in [-0.05, 0) is 30.0 Å². The van der Waals surface area contributed by atoms with Gasteiger partial charge in [-0.1, -0.05) is 11.6 Å². The Hall–Kier alpha value is -0.770. The molecule has 0 aliphatic rings. The van der Waals surface area contributed by atoms with Crippen LogP contribution in [0.1, 0.15) is 24.1 Å². The quantitative estimate of drug-likeness (QED) is 0.880. The molecule has 2 nitrogen and oxygen atoms in total. The Kier molecular flexibility index (Phi) is 3.46. The zero-order valence-corrected chi connectivity index (χ0v) is 9.94. The van der Waals surface area contributed by atoms with Gasteiger partial charge in [-0.15, -0.1) is 11.3 Å². The molecule has 4 heteroatoms. The number of hydrogen-bond acceptors (Lipinski definition) is 3. The van der Waals surface area contributed by atoms with E-state index in [0.717, 1.165) is 16.4 Å². The number of furan rings is 1. The first kappa shape index (κ1) is 10.7. The first-order valence-corrected chi connectivity index (χ1v) is 6.00. The van der Waals surface area contributed by atoms with E-state index in [9.17, 15) is 0 Å². The largest absolute Gasteiger partial charge is 0.472 e. The highest BCUT2D eigenvalue weighted by atomic mass is 35.5. The molecule has 0 aliphatic carbocycles. The minimum absolute atomic E-state index is 0.309. The normalized spacial score (nSPS) is 12.9. The summed E-state index contributed by atoms with van der Waals surface area (Å²) < 4.78 is 5.83. The highest BCUT2D eigenvalue weighted by Crippen LogP contribution is 2.24. The smallest absolute Gasteiger partial charge is 0.0947 e. The summed E-state index contributed by atoms with van der Waals surface area (Å²) >= 11 is 7.44. The van der Waals surface area contributed by atoms with E-state index in [1.807, 2.05) is 12.1 Å². The van der Waals surface area contributed by atoms with Gasteiger partial charge in [0.1, 0.15) is 0 Å². The molecule has 0 fully saturated rings. The van der Waals surface area contributed by atoms with E-state index in [2.05, 4.69) is 17.6 Å². The molecule has 0 saturated carbocycles. The molecule has 2 heterocycles. The van der Waals surface area contributed by atoms with Crippen molar-refractivity contribution in [1.29, 1.82) is 0 Å². The van der Waals surface area contributed by atoms with Crippen molar-refractivity contribution in [1.82, 2.24) is 5.32 Å². The predicted octanol–water partition coefficient (Wildman–Crippen LogP) is 3.85. The number of hydrogen-bond donors (Lipinski definition) is 1. The molecule has 1 unspecified atom stereocenters. The van der Waals surface area contributed by atoms with Crippen LogP contribution in [0.25, 0.3) is 0 Å². The van der Waals surface area contributed by atoms with Crippen molar-refractivity contribution in [3.63, 3.8) is 0 Å². The van der Waals surface area contributed by atoms with Gasteiger partial charge in [-0.2, -0.15) is 0 Å². The van der Waals surface area contributed by atoms with Crippen LogP contribution in [0.4, 0.5) is 0 Å². The Morgan fingerprint density at radius 3 is 3.07 bits per heavy atom. The minimum atomic E-state index is 0.309. The molecule has 2 rings (SSSR count). The molecule has 1 N–H and O–H groups in total. The second-order valence-corrected chi connectivity index (χ2v) is 4.96. The summed E-state index contributed by atoms with van der Waals surface area (Å²) in [6.45, 7) is 2.93. The summed E-state index contributed by atoms with van der Waals surface area (Å²) in [4.78, 5) is 0. The van der Waals surface area contributed by atoms with E-state index in [-0.39, 0.29) is 0 Å². The van der Waals surface area contributed by atoms with Gasteiger partial charge in [0.15, 0.2) is 0 Å². The van der Waals surface area contributed by atoms with Crippen molar-refractivity contribution in [3.05, 3.63) is 45.5 Å². The molecule has 80 valence electrons. The van der Waals surface area contributed by atoms with Crippen LogP contribution in [-0.4, -0.2) is 0 Å². The summed E-state index contributed by atoms with van der Waals surface area (Å²) in [6.07, 6.45) is 3.43. The minimum Gasteiger partial charge on any atom is -0.472 e. The third-order valence-electron chi connectivity index (χ3n) is 2.28. The van der Waals surface area contributed by atoms with Crippen LogP contribution >= 0.6 is 22.9 Å². The molecule has 1 atom stereocenters. The summed E-state index contributed by atoms with van der Waals surface area (Å²) in [5, 5.41) is 5.48. The Bertz CT molecular complexity index is 410. The van der Waals surface area contributed by atoms with Gasteiger partial charge in [0.25, 0.3) is 0 Å². The van der Waals surface area contributed by atoms with Crippen LogP contribution in [0.5, 0.6) is 0 Å². The standard InChI is InChI=1S/C11H12ClNOS/c1-8(10-4-11(12)15-7-10)13-5-9-2-3-14-6-9/h2-4,6-8,13H,5H2,1H3. The van der Waals surface area contributed by atoms with Crippen LogP contribution in [0.2, 0.25) is 4.34 Å². The summed E-state index contributed by atoms with van der Waals surface area (Å²) in [5.74, 6) is 0. The maximum Gasteiger partial charge on any atom is 0.0947 e. The fourth-order valence-corrected chi connectivity index (χ4v) is 2.32. The molecule has 0 saturated heterocycles. The second kappa shape index (κ2) is 4.84. The van der Waals surface area contributed by atoms with Gasteiger partial charge in [0.05, 0.1) is 16.9 Å². The Morgan fingerprint density at radius 1 is 1.60 bits per heavy atom. The number of nitrogens with one attached hydrogen (secondary N) is 1. The lowest BCUT2D eigenvalue weighted by Crippen LogP contribution is -2.17. The van der Waals surface area contributed by atoms with Crippen LogP contribution < -0.4 is 5.32 Å². The van der Waals surface area contributed by atoms with Crippen molar-refractivity contribution in [2.75, 3.05) is 0 Å². The van der Waals surface area contributed by atoms with E-state index in [0.29, 0.717) is 6.04 Å². The Balaban J connectivity index is 1.90. The molecule has 0 aromatic carbocycles. The second-order valence-electron chi connectivity index (χ2n) is 3.42. The number of halogens is 1. The summed E-state index contributed by atoms with van der Waals surface area (Å²) in [5.41, 5.74) is 2.39. The van der Waals surface area contributed by atoms with Gasteiger partial charge in [-0.25, -0.2) is 0 Å². The first-order valence-electron chi connectivity index (χ1n) is 4.74. The van der Waals surface area contributed by atoms with E-state index in [1.54, 1.807) is 23.9 Å². The van der Waals surface area contributed by atoms with Crippen LogP contribution in [-0.2, 0) is 6.54 Å². The van der Waals surface area contributed by atoms with Crippen molar-refractivity contribution in [3.8, 4) is 0 Å². The third-order valence-corrected chi connectivity index (χ3v) is 3.39. The van der Waals surface area contributed by atoms with Crippen molar-refractivity contribution in [2.24, 2.45) is 0 Å². The lowest BCUT2D eigenvalue weighted by molar-refractivity contribution is 0.547. The zero-order chi connectivity index (χ0) is 10.7. The van der Waals surface area contributed by atoms with Crippen molar-refractivity contribution in [2.45, 2.75) is 19.5 Å². The molecule has 2 aromatic heterocycles. The fraction of sp³-hybridized carbons (Fsp3) is 0.273. The third kappa shape index (κ3) is 2.84. The lowest BCUT2D eigenvalue weighted by Gasteiger charge is -2.10. The van der Waals surface area contributed by atoms with E-state index < -0.39 is 0 Å². The average molecular weight is 242 g/mol. The van der Waals surface area contributed by atoms with Crippen LogP contribution in [0, 0.1) is 0 Å². The summed E-state index contributed by atoms with van der Waals surface area (Å²) in [7, 11) is 0. The molecule has 0 amide bonds. The van der Waals surface area contributed by atoms with Crippen molar-refractivity contribution < 1.29 is 4.42 Å². The van der Waals surface area contributed by atoms with Gasteiger partial charge >= 0.3 is 0 Å². The number of rotatable bonds is 4. The predicted molar refractivity (Wildman–Crippen MR) is 63.3 cm³/mol. The molecular formula is C11H12ClNOS. The fourth-order valence-electron chi connectivity index (χ4n) is 1.33. The van der Waals surface area contributed by atoms with Gasteiger partial charge in [-0.3, -0.25) is 0 Å². The highest BCUT2D eigenvalue weighted by molar-refractivity contribution is 7.14. The maximum atomic E-state index is 5.88. The topological polar surface area (TPSA) is 25.2 Å². The monoisotopic (exact) mass is 241 g/mol. The molecule has 0 spiro atoms. The van der Waals surface area contributed by atoms with Crippen LogP contribution in [0.3, 0.4) is 0 Å². The van der Waals surface area contributed by atoms with E-state index >= 15 is 0 Å². The molecule has 2 aromatic rings. The van der Waals surface area contributed by atoms with Crippen molar-refractivity contribution >= 4 is 22.9 Å². The molecular weight excluding hydrogens is 230 g/mol. The van der Waals surface area contributed by atoms with Gasteiger partial charge in [0.2, 0.25) is 0 Å². The molecule has 15 heavy (non-hydrogen) atoms. The average Bonchev–Trinajstić information content (AvgIpc) is 2.84. The molecule has 0 aliphatic heterocycles. The maximum absolute atomic E-state index is 5.88. The first-order chi connectivity index (χ1) is 7.25. The Labute approximate surface area is 97.9 Å². The van der Waals surface area contributed by atoms with E-state index in [4.69, 9.17) is 16.0 Å². The summed E-state index contributed by atoms with van der Waals surface area (Å²) in [6, 6.07) is 4.27. The molecule has 0 bridgehead atoms. The van der Waals surface area contributed by atoms with Crippen LogP contribution in [0.15, 0.2) is 34.5 Å². The van der Waals surface area contributed by atoms with Gasteiger partial charge < -0.3 is 9.73 Å². The zero-order valence-electron chi connectivity index (χ0n) is 8.37. The number of thiophene rings is 1. The van der Waals surface area contributed by atoms with Gasteiger partial charge in [0, 0.05) is 18.2 Å². The SMILES string of the molecule is CC(NCc1ccoc1)c1csc(Cl)c1.